The Balaban J connectivity index is 2.07. The monoisotopic (exact) mass is 329 g/mol. The van der Waals surface area contributed by atoms with Crippen molar-refractivity contribution in [2.75, 3.05) is 12.4 Å². The molecular formula is C17H19N3O2S. The summed E-state index contributed by atoms with van der Waals surface area (Å²) in [5, 5.41) is 17.5. The molecule has 2 aromatic rings. The number of benzene rings is 2. The van der Waals surface area contributed by atoms with E-state index in [1.54, 1.807) is 20.1 Å². The number of aromatic hydroxyl groups is 1. The molecule has 0 atom stereocenters. The first-order valence-electron chi connectivity index (χ1n) is 7.05. The zero-order valence-electron chi connectivity index (χ0n) is 13.3. The number of hydrogen-bond donors (Lipinski definition) is 3. The molecule has 0 fully saturated rings. The average Bonchev–Trinajstić information content (AvgIpc) is 2.55. The number of aryl methyl sites for hydroxylation is 1. The van der Waals surface area contributed by atoms with Crippen molar-refractivity contribution < 1.29 is 9.84 Å². The van der Waals surface area contributed by atoms with Gasteiger partial charge in [-0.2, -0.15) is 5.10 Å². The highest BCUT2D eigenvalue weighted by Crippen LogP contribution is 2.23. The quantitative estimate of drug-likeness (QED) is 0.456. The van der Waals surface area contributed by atoms with Crippen molar-refractivity contribution in [2.45, 2.75) is 13.8 Å². The predicted octanol–water partition coefficient (Wildman–Crippen LogP) is 3.42. The van der Waals surface area contributed by atoms with Gasteiger partial charge in [-0.15, -0.1) is 0 Å². The van der Waals surface area contributed by atoms with Crippen LogP contribution in [0.25, 0.3) is 0 Å². The van der Waals surface area contributed by atoms with Gasteiger partial charge in [-0.1, -0.05) is 23.8 Å². The number of anilines is 1. The summed E-state index contributed by atoms with van der Waals surface area (Å²) in [6, 6.07) is 12.8. The minimum Gasteiger partial charge on any atom is -0.507 e. The van der Waals surface area contributed by atoms with Crippen molar-refractivity contribution in [1.82, 2.24) is 5.43 Å². The van der Waals surface area contributed by atoms with Crippen LogP contribution in [-0.4, -0.2) is 23.0 Å². The highest BCUT2D eigenvalue weighted by Gasteiger charge is 2.06. The molecule has 0 aromatic heterocycles. The number of phenols is 1. The third-order valence-electron chi connectivity index (χ3n) is 3.22. The molecule has 2 aromatic carbocycles. The summed E-state index contributed by atoms with van der Waals surface area (Å²) >= 11 is 5.22. The predicted molar refractivity (Wildman–Crippen MR) is 97.4 cm³/mol. The van der Waals surface area contributed by atoms with E-state index in [4.69, 9.17) is 17.0 Å². The number of ether oxygens (including phenoxy) is 1. The molecule has 0 heterocycles. The molecule has 0 bridgehead atoms. The molecule has 0 aliphatic heterocycles. The van der Waals surface area contributed by atoms with E-state index in [1.165, 1.54) is 0 Å². The fourth-order valence-electron chi connectivity index (χ4n) is 2.03. The van der Waals surface area contributed by atoms with Gasteiger partial charge < -0.3 is 15.2 Å². The fraction of sp³-hybridized carbons (Fsp3) is 0.176. The van der Waals surface area contributed by atoms with Crippen LogP contribution >= 0.6 is 12.2 Å². The number of thiocarbonyl (C=S) groups is 1. The van der Waals surface area contributed by atoms with Crippen LogP contribution in [0.15, 0.2) is 47.6 Å². The fourth-order valence-corrected chi connectivity index (χ4v) is 2.19. The molecule has 0 radical (unpaired) electrons. The third kappa shape index (κ3) is 4.43. The van der Waals surface area contributed by atoms with Gasteiger partial charge in [-0.05, 0) is 50.3 Å². The van der Waals surface area contributed by atoms with E-state index >= 15 is 0 Å². The zero-order chi connectivity index (χ0) is 16.8. The van der Waals surface area contributed by atoms with Gasteiger partial charge >= 0.3 is 0 Å². The Morgan fingerprint density at radius 1 is 1.22 bits per heavy atom. The topological polar surface area (TPSA) is 65.9 Å². The maximum atomic E-state index is 9.90. The van der Waals surface area contributed by atoms with E-state index in [1.807, 2.05) is 43.3 Å². The molecule has 6 heteroatoms. The number of hydrogen-bond acceptors (Lipinski definition) is 4. The Morgan fingerprint density at radius 3 is 2.70 bits per heavy atom. The molecule has 0 saturated heterocycles. The first-order chi connectivity index (χ1) is 11.0. The molecule has 2 rings (SSSR count). The summed E-state index contributed by atoms with van der Waals surface area (Å²) in [4.78, 5) is 0. The number of methoxy groups -OCH3 is 1. The van der Waals surface area contributed by atoms with Gasteiger partial charge in [0.05, 0.1) is 18.5 Å². The number of phenolic OH excluding ortho intramolecular Hbond substituents is 1. The lowest BCUT2D eigenvalue weighted by molar-refractivity contribution is 0.417. The largest absolute Gasteiger partial charge is 0.507 e. The van der Waals surface area contributed by atoms with Crippen LogP contribution in [0, 0.1) is 6.92 Å². The first kappa shape index (κ1) is 16.8. The van der Waals surface area contributed by atoms with E-state index in [0.29, 0.717) is 22.1 Å². The number of rotatable bonds is 4. The maximum absolute atomic E-state index is 9.90. The first-order valence-corrected chi connectivity index (χ1v) is 7.46. The van der Waals surface area contributed by atoms with Crippen molar-refractivity contribution >= 4 is 28.7 Å². The SMILES string of the molecule is COc1ccccc1NC(=S)N/N=C(\C)c1cc(C)ccc1O. The lowest BCUT2D eigenvalue weighted by atomic mass is 10.1. The molecule has 0 unspecified atom stereocenters. The Labute approximate surface area is 141 Å². The highest BCUT2D eigenvalue weighted by molar-refractivity contribution is 7.80. The van der Waals surface area contributed by atoms with Crippen molar-refractivity contribution in [2.24, 2.45) is 5.10 Å². The second-order valence-electron chi connectivity index (χ2n) is 4.98. The van der Waals surface area contributed by atoms with Gasteiger partial charge in [0.25, 0.3) is 0 Å². The second-order valence-corrected chi connectivity index (χ2v) is 5.39. The van der Waals surface area contributed by atoms with E-state index in [9.17, 15) is 5.11 Å². The van der Waals surface area contributed by atoms with E-state index in [0.717, 1.165) is 11.3 Å². The summed E-state index contributed by atoms with van der Waals surface area (Å²) in [5.74, 6) is 0.871. The smallest absolute Gasteiger partial charge is 0.191 e. The van der Waals surface area contributed by atoms with Gasteiger partial charge in [-0.25, -0.2) is 0 Å². The number of para-hydroxylation sites is 2. The summed E-state index contributed by atoms with van der Waals surface area (Å²) in [5.41, 5.74) is 5.86. The molecule has 23 heavy (non-hydrogen) atoms. The summed E-state index contributed by atoms with van der Waals surface area (Å²) in [7, 11) is 1.60. The zero-order valence-corrected chi connectivity index (χ0v) is 14.1. The standard InChI is InChI=1S/C17H19N3O2S/c1-11-8-9-15(21)13(10-11)12(2)19-20-17(23)18-14-6-4-5-7-16(14)22-3/h4-10,21H,1-3H3,(H2,18,20,23)/b19-12+. The lowest BCUT2D eigenvalue weighted by Gasteiger charge is -2.12. The number of nitrogens with one attached hydrogen (secondary N) is 2. The van der Waals surface area contributed by atoms with E-state index in [2.05, 4.69) is 15.8 Å². The summed E-state index contributed by atoms with van der Waals surface area (Å²) in [6.07, 6.45) is 0. The van der Waals surface area contributed by atoms with Crippen LogP contribution in [-0.2, 0) is 0 Å². The van der Waals surface area contributed by atoms with Gasteiger partial charge in [-0.3, -0.25) is 5.43 Å². The molecule has 120 valence electrons. The Morgan fingerprint density at radius 2 is 1.96 bits per heavy atom. The molecular weight excluding hydrogens is 310 g/mol. The van der Waals surface area contributed by atoms with Gasteiger partial charge in [0.2, 0.25) is 0 Å². The lowest BCUT2D eigenvalue weighted by Crippen LogP contribution is -2.25. The van der Waals surface area contributed by atoms with Crippen LogP contribution in [0.3, 0.4) is 0 Å². The maximum Gasteiger partial charge on any atom is 0.191 e. The number of hydrazone groups is 1. The second kappa shape index (κ2) is 7.60. The molecule has 0 saturated carbocycles. The van der Waals surface area contributed by atoms with Crippen molar-refractivity contribution in [3.8, 4) is 11.5 Å². The summed E-state index contributed by atoms with van der Waals surface area (Å²) < 4.78 is 5.25. The summed E-state index contributed by atoms with van der Waals surface area (Å²) in [6.45, 7) is 3.75. The molecule has 0 aliphatic carbocycles. The molecule has 0 amide bonds. The van der Waals surface area contributed by atoms with Gasteiger partial charge in [0.1, 0.15) is 11.5 Å². The third-order valence-corrected chi connectivity index (χ3v) is 3.42. The Bertz CT molecular complexity index is 744. The van der Waals surface area contributed by atoms with Crippen molar-refractivity contribution in [3.63, 3.8) is 0 Å². The van der Waals surface area contributed by atoms with Crippen molar-refractivity contribution in [1.29, 1.82) is 0 Å². The van der Waals surface area contributed by atoms with Crippen molar-refractivity contribution in [3.05, 3.63) is 53.6 Å². The minimum atomic E-state index is 0.183. The van der Waals surface area contributed by atoms with E-state index in [-0.39, 0.29) is 5.75 Å². The minimum absolute atomic E-state index is 0.183. The number of nitrogens with zero attached hydrogens (tertiary/aromatic N) is 1. The normalized spacial score (nSPS) is 11.0. The molecule has 3 N–H and O–H groups in total. The Hall–Kier alpha value is -2.60. The van der Waals surface area contributed by atoms with Crippen LogP contribution in [0.5, 0.6) is 11.5 Å². The average molecular weight is 329 g/mol. The van der Waals surface area contributed by atoms with E-state index < -0.39 is 0 Å². The van der Waals surface area contributed by atoms with Gasteiger partial charge in [0, 0.05) is 5.56 Å². The van der Waals surface area contributed by atoms with Crippen LogP contribution in [0.1, 0.15) is 18.1 Å². The molecule has 0 spiro atoms. The van der Waals surface area contributed by atoms with Gasteiger partial charge in [0.15, 0.2) is 5.11 Å². The highest BCUT2D eigenvalue weighted by atomic mass is 32.1. The van der Waals surface area contributed by atoms with Crippen LogP contribution < -0.4 is 15.5 Å². The Kier molecular flexibility index (Phi) is 5.54. The molecule has 5 nitrogen and oxygen atoms in total. The molecule has 0 aliphatic rings. The van der Waals surface area contributed by atoms with Crippen LogP contribution in [0.4, 0.5) is 5.69 Å². The van der Waals surface area contributed by atoms with Crippen LogP contribution in [0.2, 0.25) is 0 Å².